The Balaban J connectivity index is 2.46. The van der Waals surface area contributed by atoms with Gasteiger partial charge in [-0.1, -0.05) is 50.1 Å². The number of hydrogen-bond acceptors (Lipinski definition) is 1. The smallest absolute Gasteiger partial charge is 0.220 e. The Morgan fingerprint density at radius 2 is 2.06 bits per heavy atom. The largest absolute Gasteiger partial charge is 0.350 e. The second-order valence-electron chi connectivity index (χ2n) is 3.96. The molecule has 0 fully saturated rings. The van der Waals surface area contributed by atoms with E-state index in [-0.39, 0.29) is 11.9 Å². The Kier molecular flexibility index (Phi) is 6.82. The number of carbonyl (C=O) groups is 1. The first kappa shape index (κ1) is 14.7. The summed E-state index contributed by atoms with van der Waals surface area (Å²) in [6.07, 6.45) is 2.57. The Hall–Kier alpha value is -0.350. The van der Waals surface area contributed by atoms with Gasteiger partial charge in [0, 0.05) is 16.2 Å². The number of rotatable bonds is 6. The van der Waals surface area contributed by atoms with Crippen LogP contribution in [0, 0.1) is 0 Å². The molecule has 2 nitrogen and oxygen atoms in total. The number of unbranched alkanes of at least 4 members (excludes halogenated alkanes) is 1. The SMILES string of the molecule is CC(NC(=O)CCCCBr)c1ccccc1Br. The molecule has 1 unspecified atom stereocenters. The molecule has 1 amide bonds. The molecule has 1 rings (SSSR count). The van der Waals surface area contributed by atoms with Crippen LogP contribution >= 0.6 is 31.9 Å². The highest BCUT2D eigenvalue weighted by Gasteiger charge is 2.11. The Morgan fingerprint density at radius 3 is 2.71 bits per heavy atom. The van der Waals surface area contributed by atoms with Gasteiger partial charge in [0.25, 0.3) is 0 Å². The van der Waals surface area contributed by atoms with Crippen LogP contribution in [0.2, 0.25) is 0 Å². The van der Waals surface area contributed by atoms with Crippen LogP contribution in [0.15, 0.2) is 28.7 Å². The maximum atomic E-state index is 11.7. The molecule has 0 spiro atoms. The van der Waals surface area contributed by atoms with Crippen molar-refractivity contribution in [1.82, 2.24) is 5.32 Å². The molecule has 1 atom stereocenters. The molecule has 0 aliphatic rings. The van der Waals surface area contributed by atoms with E-state index in [1.807, 2.05) is 31.2 Å². The number of benzene rings is 1. The summed E-state index contributed by atoms with van der Waals surface area (Å²) in [5.41, 5.74) is 1.11. The van der Waals surface area contributed by atoms with Gasteiger partial charge in [0.05, 0.1) is 6.04 Å². The summed E-state index contributed by atoms with van der Waals surface area (Å²) < 4.78 is 1.04. The summed E-state index contributed by atoms with van der Waals surface area (Å²) in [5.74, 6) is 0.120. The van der Waals surface area contributed by atoms with Gasteiger partial charge in [-0.3, -0.25) is 4.79 Å². The van der Waals surface area contributed by atoms with E-state index in [1.165, 1.54) is 0 Å². The summed E-state index contributed by atoms with van der Waals surface area (Å²) >= 11 is 6.85. The Bertz CT molecular complexity index is 368. The van der Waals surface area contributed by atoms with Crippen molar-refractivity contribution in [1.29, 1.82) is 0 Å². The lowest BCUT2D eigenvalue weighted by atomic mass is 10.1. The van der Waals surface area contributed by atoms with Crippen molar-refractivity contribution in [3.8, 4) is 0 Å². The molecule has 1 N–H and O–H groups in total. The van der Waals surface area contributed by atoms with E-state index in [2.05, 4.69) is 37.2 Å². The normalized spacial score (nSPS) is 12.2. The van der Waals surface area contributed by atoms with Crippen molar-refractivity contribution in [3.05, 3.63) is 34.3 Å². The van der Waals surface area contributed by atoms with Gasteiger partial charge in [0.2, 0.25) is 5.91 Å². The zero-order valence-corrected chi connectivity index (χ0v) is 13.1. The van der Waals surface area contributed by atoms with E-state index in [9.17, 15) is 4.79 Å². The number of carbonyl (C=O) groups excluding carboxylic acids is 1. The minimum absolute atomic E-state index is 0.0436. The van der Waals surface area contributed by atoms with Crippen molar-refractivity contribution < 1.29 is 4.79 Å². The van der Waals surface area contributed by atoms with E-state index < -0.39 is 0 Å². The fraction of sp³-hybridized carbons (Fsp3) is 0.462. The zero-order chi connectivity index (χ0) is 12.7. The standard InChI is InChI=1S/C13H17Br2NO/c1-10(11-6-2-3-7-12(11)15)16-13(17)8-4-5-9-14/h2-3,6-7,10H,4-5,8-9H2,1H3,(H,16,17). The molecule has 0 bridgehead atoms. The maximum Gasteiger partial charge on any atom is 0.220 e. The lowest BCUT2D eigenvalue weighted by molar-refractivity contribution is -0.121. The first-order chi connectivity index (χ1) is 8.15. The molecule has 0 saturated heterocycles. The molecule has 1 aromatic carbocycles. The van der Waals surface area contributed by atoms with Crippen LogP contribution in [-0.4, -0.2) is 11.2 Å². The molecule has 0 radical (unpaired) electrons. The van der Waals surface area contributed by atoms with E-state index in [1.54, 1.807) is 0 Å². The summed E-state index contributed by atoms with van der Waals surface area (Å²) in [5, 5.41) is 3.97. The second kappa shape index (κ2) is 7.88. The first-order valence-corrected chi connectivity index (χ1v) is 7.66. The third kappa shape index (κ3) is 5.21. The van der Waals surface area contributed by atoms with Crippen LogP contribution < -0.4 is 5.32 Å². The van der Waals surface area contributed by atoms with Crippen LogP contribution in [0.25, 0.3) is 0 Å². The van der Waals surface area contributed by atoms with Crippen LogP contribution in [-0.2, 0) is 4.79 Å². The van der Waals surface area contributed by atoms with Gasteiger partial charge in [0.15, 0.2) is 0 Å². The third-order valence-electron chi connectivity index (χ3n) is 2.54. The first-order valence-electron chi connectivity index (χ1n) is 5.75. The Labute approximate surface area is 119 Å². The molecule has 0 aliphatic carbocycles. The number of hydrogen-bond donors (Lipinski definition) is 1. The van der Waals surface area contributed by atoms with E-state index in [4.69, 9.17) is 0 Å². The average Bonchev–Trinajstić information content (AvgIpc) is 2.29. The van der Waals surface area contributed by atoms with Crippen molar-refractivity contribution in [2.75, 3.05) is 5.33 Å². The fourth-order valence-electron chi connectivity index (χ4n) is 1.60. The predicted octanol–water partition coefficient (Wildman–Crippen LogP) is 4.19. The monoisotopic (exact) mass is 361 g/mol. The van der Waals surface area contributed by atoms with Gasteiger partial charge in [-0.05, 0) is 31.4 Å². The molecule has 0 aromatic heterocycles. The van der Waals surface area contributed by atoms with E-state index in [0.717, 1.165) is 28.2 Å². The zero-order valence-electron chi connectivity index (χ0n) is 9.88. The van der Waals surface area contributed by atoms with Crippen molar-refractivity contribution in [2.45, 2.75) is 32.2 Å². The van der Waals surface area contributed by atoms with Gasteiger partial charge in [-0.15, -0.1) is 0 Å². The molecular weight excluding hydrogens is 346 g/mol. The van der Waals surface area contributed by atoms with Crippen molar-refractivity contribution in [3.63, 3.8) is 0 Å². The van der Waals surface area contributed by atoms with E-state index in [0.29, 0.717) is 6.42 Å². The van der Waals surface area contributed by atoms with Crippen LogP contribution in [0.1, 0.15) is 37.8 Å². The number of alkyl halides is 1. The van der Waals surface area contributed by atoms with Gasteiger partial charge in [0.1, 0.15) is 0 Å². The summed E-state index contributed by atoms with van der Waals surface area (Å²) in [7, 11) is 0. The topological polar surface area (TPSA) is 29.1 Å². The van der Waals surface area contributed by atoms with Gasteiger partial charge in [-0.25, -0.2) is 0 Å². The predicted molar refractivity (Wildman–Crippen MR) is 78.3 cm³/mol. The number of nitrogens with one attached hydrogen (secondary N) is 1. The second-order valence-corrected chi connectivity index (χ2v) is 5.60. The highest BCUT2D eigenvalue weighted by molar-refractivity contribution is 9.10. The van der Waals surface area contributed by atoms with Gasteiger partial charge >= 0.3 is 0 Å². The highest BCUT2D eigenvalue weighted by atomic mass is 79.9. The average molecular weight is 363 g/mol. The van der Waals surface area contributed by atoms with Crippen LogP contribution in [0.5, 0.6) is 0 Å². The summed E-state index contributed by atoms with van der Waals surface area (Å²) in [6, 6.07) is 8.00. The molecule has 4 heteroatoms. The maximum absolute atomic E-state index is 11.7. The minimum atomic E-state index is 0.0436. The summed E-state index contributed by atoms with van der Waals surface area (Å²) in [4.78, 5) is 11.7. The highest BCUT2D eigenvalue weighted by Crippen LogP contribution is 2.22. The Morgan fingerprint density at radius 1 is 1.35 bits per heavy atom. The van der Waals surface area contributed by atoms with Crippen molar-refractivity contribution >= 4 is 37.8 Å². The molecule has 94 valence electrons. The molecule has 0 aliphatic heterocycles. The lowest BCUT2D eigenvalue weighted by Crippen LogP contribution is -2.26. The minimum Gasteiger partial charge on any atom is -0.350 e. The fourth-order valence-corrected chi connectivity index (χ4v) is 2.62. The molecule has 1 aromatic rings. The number of halogens is 2. The third-order valence-corrected chi connectivity index (χ3v) is 3.82. The van der Waals surface area contributed by atoms with Crippen molar-refractivity contribution in [2.24, 2.45) is 0 Å². The molecule has 17 heavy (non-hydrogen) atoms. The molecule has 0 saturated carbocycles. The van der Waals surface area contributed by atoms with Crippen LogP contribution in [0.4, 0.5) is 0 Å². The van der Waals surface area contributed by atoms with Crippen LogP contribution in [0.3, 0.4) is 0 Å². The summed E-state index contributed by atoms with van der Waals surface area (Å²) in [6.45, 7) is 2.00. The molecule has 0 heterocycles. The lowest BCUT2D eigenvalue weighted by Gasteiger charge is -2.15. The molecular formula is C13H17Br2NO. The quantitative estimate of drug-likeness (QED) is 0.596. The van der Waals surface area contributed by atoms with E-state index >= 15 is 0 Å². The number of amides is 1. The van der Waals surface area contributed by atoms with Gasteiger partial charge in [-0.2, -0.15) is 0 Å². The van der Waals surface area contributed by atoms with Gasteiger partial charge < -0.3 is 5.32 Å².